The number of rotatable bonds is 7. The van der Waals surface area contributed by atoms with Crippen LogP contribution in [-0.2, 0) is 11.2 Å². The number of carbonyl (C=O) groups excluding carboxylic acids is 1. The molecule has 1 saturated heterocycles. The lowest BCUT2D eigenvalue weighted by molar-refractivity contribution is -0.120. The minimum Gasteiger partial charge on any atom is -0.369 e. The molecule has 0 atom stereocenters. The Hall–Kier alpha value is -2.33. The van der Waals surface area contributed by atoms with Crippen LogP contribution >= 0.6 is 0 Å². The SMILES string of the molecule is Cc1ccc(CC(=O)NCCCN2CCN(c3ccccc3)CC2)cc1. The van der Waals surface area contributed by atoms with E-state index in [4.69, 9.17) is 0 Å². The van der Waals surface area contributed by atoms with Crippen molar-refractivity contribution in [2.75, 3.05) is 44.2 Å². The quantitative estimate of drug-likeness (QED) is 0.779. The third-order valence-electron chi connectivity index (χ3n) is 4.95. The molecule has 4 nitrogen and oxygen atoms in total. The first-order valence-electron chi connectivity index (χ1n) is 9.55. The van der Waals surface area contributed by atoms with Gasteiger partial charge in [-0.1, -0.05) is 48.0 Å². The summed E-state index contributed by atoms with van der Waals surface area (Å²) in [5, 5.41) is 3.04. The summed E-state index contributed by atoms with van der Waals surface area (Å²) in [6.07, 6.45) is 1.47. The normalized spacial score (nSPS) is 15.0. The van der Waals surface area contributed by atoms with Gasteiger partial charge >= 0.3 is 0 Å². The molecule has 0 bridgehead atoms. The molecule has 1 aliphatic heterocycles. The molecular formula is C22H29N3O. The standard InChI is InChI=1S/C22H29N3O/c1-19-8-10-20(11-9-19)18-22(26)23-12-5-13-24-14-16-25(17-15-24)21-6-3-2-4-7-21/h2-4,6-11H,5,12-18H2,1H3,(H,23,26). The minimum atomic E-state index is 0.114. The number of aryl methyl sites for hydroxylation is 1. The number of nitrogens with one attached hydrogen (secondary N) is 1. The van der Waals surface area contributed by atoms with Gasteiger partial charge < -0.3 is 10.2 Å². The summed E-state index contributed by atoms with van der Waals surface area (Å²) in [4.78, 5) is 17.0. The van der Waals surface area contributed by atoms with Crippen molar-refractivity contribution >= 4 is 11.6 Å². The predicted octanol–water partition coefficient (Wildman–Crippen LogP) is 2.87. The van der Waals surface area contributed by atoms with Crippen molar-refractivity contribution in [2.45, 2.75) is 19.8 Å². The van der Waals surface area contributed by atoms with Crippen LogP contribution in [0.2, 0.25) is 0 Å². The van der Waals surface area contributed by atoms with E-state index in [0.717, 1.165) is 51.3 Å². The number of hydrogen-bond acceptors (Lipinski definition) is 3. The highest BCUT2D eigenvalue weighted by molar-refractivity contribution is 5.78. The van der Waals surface area contributed by atoms with E-state index in [1.54, 1.807) is 0 Å². The lowest BCUT2D eigenvalue weighted by atomic mass is 10.1. The van der Waals surface area contributed by atoms with Gasteiger partial charge in [-0.2, -0.15) is 0 Å². The van der Waals surface area contributed by atoms with Crippen LogP contribution in [0, 0.1) is 6.92 Å². The van der Waals surface area contributed by atoms with Gasteiger partial charge in [0.05, 0.1) is 6.42 Å². The van der Waals surface area contributed by atoms with E-state index in [1.165, 1.54) is 11.3 Å². The first-order valence-corrected chi connectivity index (χ1v) is 9.55. The highest BCUT2D eigenvalue weighted by Gasteiger charge is 2.16. The van der Waals surface area contributed by atoms with E-state index in [-0.39, 0.29) is 5.91 Å². The molecule has 0 aromatic heterocycles. The fourth-order valence-corrected chi connectivity index (χ4v) is 3.35. The molecule has 0 spiro atoms. The zero-order chi connectivity index (χ0) is 18.2. The van der Waals surface area contributed by atoms with Crippen LogP contribution in [0.3, 0.4) is 0 Å². The summed E-state index contributed by atoms with van der Waals surface area (Å²) in [5.41, 5.74) is 3.61. The molecule has 1 aliphatic rings. The number of hydrogen-bond donors (Lipinski definition) is 1. The molecule has 0 unspecified atom stereocenters. The molecule has 1 fully saturated rings. The molecule has 2 aromatic carbocycles. The maximum absolute atomic E-state index is 12.0. The van der Waals surface area contributed by atoms with Crippen molar-refractivity contribution < 1.29 is 4.79 Å². The van der Waals surface area contributed by atoms with Crippen molar-refractivity contribution in [1.82, 2.24) is 10.2 Å². The average Bonchev–Trinajstić information content (AvgIpc) is 2.68. The molecule has 0 aliphatic carbocycles. The summed E-state index contributed by atoms with van der Waals surface area (Å²) < 4.78 is 0. The third kappa shape index (κ3) is 5.60. The first-order chi connectivity index (χ1) is 12.7. The molecule has 138 valence electrons. The van der Waals surface area contributed by atoms with Gasteiger partial charge in [-0.3, -0.25) is 9.69 Å². The van der Waals surface area contributed by atoms with E-state index >= 15 is 0 Å². The van der Waals surface area contributed by atoms with Crippen LogP contribution < -0.4 is 10.2 Å². The number of benzene rings is 2. The smallest absolute Gasteiger partial charge is 0.224 e. The van der Waals surface area contributed by atoms with Crippen LogP contribution in [0.15, 0.2) is 54.6 Å². The molecular weight excluding hydrogens is 322 g/mol. The van der Waals surface area contributed by atoms with Gasteiger partial charge in [0.25, 0.3) is 0 Å². The summed E-state index contributed by atoms with van der Waals surface area (Å²) in [6.45, 7) is 8.19. The van der Waals surface area contributed by atoms with Gasteiger partial charge in [-0.05, 0) is 37.6 Å². The highest BCUT2D eigenvalue weighted by atomic mass is 16.1. The number of amides is 1. The second kappa shape index (κ2) is 9.39. The largest absolute Gasteiger partial charge is 0.369 e. The Bertz CT molecular complexity index is 676. The van der Waals surface area contributed by atoms with Crippen LogP contribution in [0.4, 0.5) is 5.69 Å². The summed E-state index contributed by atoms with van der Waals surface area (Å²) in [5.74, 6) is 0.114. The third-order valence-corrected chi connectivity index (χ3v) is 4.95. The molecule has 1 heterocycles. The lowest BCUT2D eigenvalue weighted by Crippen LogP contribution is -2.47. The monoisotopic (exact) mass is 351 g/mol. The molecule has 1 N–H and O–H groups in total. The molecule has 3 rings (SSSR count). The predicted molar refractivity (Wildman–Crippen MR) is 108 cm³/mol. The van der Waals surface area contributed by atoms with Gasteiger partial charge in [-0.15, -0.1) is 0 Å². The Balaban J connectivity index is 1.30. The fourth-order valence-electron chi connectivity index (χ4n) is 3.35. The molecule has 0 radical (unpaired) electrons. The van der Waals surface area contributed by atoms with E-state index in [9.17, 15) is 4.79 Å². The Kier molecular flexibility index (Phi) is 6.67. The molecule has 4 heteroatoms. The maximum Gasteiger partial charge on any atom is 0.224 e. The molecule has 2 aromatic rings. The van der Waals surface area contributed by atoms with Crippen LogP contribution in [0.25, 0.3) is 0 Å². The molecule has 26 heavy (non-hydrogen) atoms. The van der Waals surface area contributed by atoms with Crippen molar-refractivity contribution in [1.29, 1.82) is 0 Å². The number of nitrogens with zero attached hydrogens (tertiary/aromatic N) is 2. The summed E-state index contributed by atoms with van der Waals surface area (Å²) in [6, 6.07) is 18.8. The second-order valence-corrected chi connectivity index (χ2v) is 7.03. The Morgan fingerprint density at radius 2 is 1.65 bits per heavy atom. The topological polar surface area (TPSA) is 35.6 Å². The minimum absolute atomic E-state index is 0.114. The van der Waals surface area contributed by atoms with Crippen LogP contribution in [-0.4, -0.2) is 50.1 Å². The van der Waals surface area contributed by atoms with Gasteiger partial charge in [0.2, 0.25) is 5.91 Å². The van der Waals surface area contributed by atoms with Gasteiger partial charge in [0.1, 0.15) is 0 Å². The summed E-state index contributed by atoms with van der Waals surface area (Å²) in [7, 11) is 0. The summed E-state index contributed by atoms with van der Waals surface area (Å²) >= 11 is 0. The van der Waals surface area contributed by atoms with Crippen molar-refractivity contribution in [3.8, 4) is 0 Å². The second-order valence-electron chi connectivity index (χ2n) is 7.03. The number of piperazine rings is 1. The van der Waals surface area contributed by atoms with Crippen molar-refractivity contribution in [3.05, 3.63) is 65.7 Å². The van der Waals surface area contributed by atoms with Crippen molar-refractivity contribution in [3.63, 3.8) is 0 Å². The highest BCUT2D eigenvalue weighted by Crippen LogP contribution is 2.15. The number of carbonyl (C=O) groups is 1. The van der Waals surface area contributed by atoms with Gasteiger partial charge in [0, 0.05) is 38.4 Å². The van der Waals surface area contributed by atoms with Gasteiger partial charge in [0.15, 0.2) is 0 Å². The number of anilines is 1. The zero-order valence-corrected chi connectivity index (χ0v) is 15.7. The zero-order valence-electron chi connectivity index (χ0n) is 15.7. The van der Waals surface area contributed by atoms with E-state index in [0.29, 0.717) is 6.42 Å². The van der Waals surface area contributed by atoms with E-state index < -0.39 is 0 Å². The maximum atomic E-state index is 12.0. The van der Waals surface area contributed by atoms with E-state index in [1.807, 2.05) is 12.1 Å². The van der Waals surface area contributed by atoms with Crippen LogP contribution in [0.5, 0.6) is 0 Å². The number of para-hydroxylation sites is 1. The fraction of sp³-hybridized carbons (Fsp3) is 0.409. The molecule has 1 amide bonds. The molecule has 0 saturated carbocycles. The van der Waals surface area contributed by atoms with Gasteiger partial charge in [-0.25, -0.2) is 0 Å². The first kappa shape index (κ1) is 18.5. The Morgan fingerprint density at radius 3 is 2.35 bits per heavy atom. The lowest BCUT2D eigenvalue weighted by Gasteiger charge is -2.36. The Morgan fingerprint density at radius 1 is 0.962 bits per heavy atom. The van der Waals surface area contributed by atoms with Crippen molar-refractivity contribution in [2.24, 2.45) is 0 Å². The van der Waals surface area contributed by atoms with Crippen LogP contribution in [0.1, 0.15) is 17.5 Å². The Labute approximate surface area is 156 Å². The average molecular weight is 351 g/mol. The van der Waals surface area contributed by atoms with E-state index in [2.05, 4.69) is 64.5 Å².